The van der Waals surface area contributed by atoms with E-state index in [2.05, 4.69) is 4.98 Å². The van der Waals surface area contributed by atoms with E-state index in [0.717, 1.165) is 18.5 Å². The lowest BCUT2D eigenvalue weighted by Gasteiger charge is -2.27. The maximum absolute atomic E-state index is 10.7. The average molecular weight is 222 g/mol. The largest absolute Gasteiger partial charge is 0.365 e. The van der Waals surface area contributed by atoms with Crippen molar-refractivity contribution >= 4 is 0 Å². The summed E-state index contributed by atoms with van der Waals surface area (Å²) in [6.07, 6.45) is 7.85. The maximum atomic E-state index is 10.7. The molecule has 1 aliphatic carbocycles. The van der Waals surface area contributed by atoms with Gasteiger partial charge < -0.3 is 4.98 Å². The summed E-state index contributed by atoms with van der Waals surface area (Å²) in [6.45, 7) is 0.0607. The molecule has 0 aliphatic heterocycles. The summed E-state index contributed by atoms with van der Waals surface area (Å²) in [6, 6.07) is 3.90. The zero-order valence-corrected chi connectivity index (χ0v) is 9.39. The molecule has 2 rings (SSSR count). The van der Waals surface area contributed by atoms with Gasteiger partial charge in [0.2, 0.25) is 6.54 Å². The van der Waals surface area contributed by atoms with Crippen molar-refractivity contribution in [1.29, 1.82) is 0 Å². The second-order valence-electron chi connectivity index (χ2n) is 4.65. The highest BCUT2D eigenvalue weighted by Gasteiger charge is 2.29. The Hall–Kier alpha value is -1.32. The average Bonchev–Trinajstić information content (AvgIpc) is 2.80. The van der Waals surface area contributed by atoms with E-state index >= 15 is 0 Å². The van der Waals surface area contributed by atoms with E-state index in [1.54, 1.807) is 0 Å². The summed E-state index contributed by atoms with van der Waals surface area (Å²) in [5, 5.41) is 10.7. The molecular formula is C12H18N2O2. The highest BCUT2D eigenvalue weighted by Crippen LogP contribution is 2.35. The summed E-state index contributed by atoms with van der Waals surface area (Å²) in [4.78, 5) is 13.7. The van der Waals surface area contributed by atoms with Crippen LogP contribution >= 0.6 is 0 Å². The van der Waals surface area contributed by atoms with Crippen LogP contribution in [0.15, 0.2) is 18.3 Å². The predicted molar refractivity (Wildman–Crippen MR) is 62.0 cm³/mol. The Balaban J connectivity index is 2.10. The monoisotopic (exact) mass is 222 g/mol. The summed E-state index contributed by atoms with van der Waals surface area (Å²) in [7, 11) is 0. The molecule has 1 N–H and O–H groups in total. The quantitative estimate of drug-likeness (QED) is 0.629. The minimum absolute atomic E-state index is 0.0607. The lowest BCUT2D eigenvalue weighted by atomic mass is 9.78. The van der Waals surface area contributed by atoms with E-state index in [1.165, 1.54) is 19.3 Å². The molecule has 0 radical (unpaired) electrons. The molecular weight excluding hydrogens is 204 g/mol. The number of aromatic nitrogens is 1. The fraction of sp³-hybridized carbons (Fsp3) is 0.667. The van der Waals surface area contributed by atoms with Crippen LogP contribution in [0.25, 0.3) is 0 Å². The van der Waals surface area contributed by atoms with E-state index in [0.29, 0.717) is 5.92 Å². The number of hydrogen-bond acceptors (Lipinski definition) is 2. The van der Waals surface area contributed by atoms with Crippen molar-refractivity contribution in [3.8, 4) is 0 Å². The minimum atomic E-state index is -0.180. The van der Waals surface area contributed by atoms with E-state index < -0.39 is 0 Å². The molecule has 88 valence electrons. The van der Waals surface area contributed by atoms with Gasteiger partial charge in [0, 0.05) is 16.8 Å². The summed E-state index contributed by atoms with van der Waals surface area (Å²) >= 11 is 0. The van der Waals surface area contributed by atoms with Crippen LogP contribution in [-0.2, 0) is 0 Å². The third kappa shape index (κ3) is 2.62. The summed E-state index contributed by atoms with van der Waals surface area (Å²) in [5.74, 6) is 0.558. The first kappa shape index (κ1) is 11.2. The Morgan fingerprint density at radius 1 is 1.44 bits per heavy atom. The van der Waals surface area contributed by atoms with Crippen LogP contribution in [-0.4, -0.2) is 16.5 Å². The molecule has 1 saturated carbocycles. The number of nitrogens with zero attached hydrogens (tertiary/aromatic N) is 1. The smallest absolute Gasteiger partial charge is 0.212 e. The van der Waals surface area contributed by atoms with Crippen molar-refractivity contribution < 1.29 is 4.92 Å². The summed E-state index contributed by atoms with van der Waals surface area (Å²) in [5.41, 5.74) is 1.03. The van der Waals surface area contributed by atoms with Crippen molar-refractivity contribution in [2.45, 2.75) is 38.0 Å². The van der Waals surface area contributed by atoms with E-state index in [9.17, 15) is 10.1 Å². The van der Waals surface area contributed by atoms with Crippen LogP contribution in [0.1, 0.15) is 43.7 Å². The van der Waals surface area contributed by atoms with Crippen LogP contribution in [0.5, 0.6) is 0 Å². The number of H-pyrrole nitrogens is 1. The second kappa shape index (κ2) is 5.14. The molecule has 0 aromatic carbocycles. The van der Waals surface area contributed by atoms with E-state index in [1.807, 2.05) is 18.3 Å². The SMILES string of the molecule is O=[N+]([O-])C[C@@H](c1ccc[nH]1)C1CCCCC1. The normalized spacial score (nSPS) is 19.5. The number of rotatable bonds is 4. The van der Waals surface area contributed by atoms with Gasteiger partial charge in [0.15, 0.2) is 0 Å². The van der Waals surface area contributed by atoms with Gasteiger partial charge in [-0.15, -0.1) is 0 Å². The van der Waals surface area contributed by atoms with Gasteiger partial charge in [-0.05, 0) is 30.9 Å². The zero-order valence-electron chi connectivity index (χ0n) is 9.39. The van der Waals surface area contributed by atoms with E-state index in [-0.39, 0.29) is 17.4 Å². The predicted octanol–water partition coefficient (Wildman–Crippen LogP) is 2.96. The summed E-state index contributed by atoms with van der Waals surface area (Å²) < 4.78 is 0. The Kier molecular flexibility index (Phi) is 3.59. The lowest BCUT2D eigenvalue weighted by Crippen LogP contribution is -2.23. The van der Waals surface area contributed by atoms with Gasteiger partial charge in [-0.2, -0.15) is 0 Å². The highest BCUT2D eigenvalue weighted by atomic mass is 16.6. The fourth-order valence-electron chi connectivity index (χ4n) is 2.77. The van der Waals surface area contributed by atoms with Gasteiger partial charge in [0.25, 0.3) is 0 Å². The minimum Gasteiger partial charge on any atom is -0.365 e. The van der Waals surface area contributed by atoms with Crippen LogP contribution in [0, 0.1) is 16.0 Å². The van der Waals surface area contributed by atoms with Gasteiger partial charge in [0.1, 0.15) is 0 Å². The van der Waals surface area contributed by atoms with Crippen molar-refractivity contribution in [3.05, 3.63) is 34.1 Å². The zero-order chi connectivity index (χ0) is 11.4. The molecule has 4 heteroatoms. The van der Waals surface area contributed by atoms with Gasteiger partial charge in [-0.25, -0.2) is 0 Å². The number of nitrogens with one attached hydrogen (secondary N) is 1. The lowest BCUT2D eigenvalue weighted by molar-refractivity contribution is -0.485. The Bertz CT molecular complexity index is 329. The molecule has 1 heterocycles. The third-order valence-corrected chi connectivity index (χ3v) is 3.59. The number of aromatic amines is 1. The molecule has 1 fully saturated rings. The molecule has 0 unspecified atom stereocenters. The van der Waals surface area contributed by atoms with E-state index in [4.69, 9.17) is 0 Å². The third-order valence-electron chi connectivity index (χ3n) is 3.59. The molecule has 1 atom stereocenters. The second-order valence-corrected chi connectivity index (χ2v) is 4.65. The highest BCUT2D eigenvalue weighted by molar-refractivity contribution is 5.11. The first-order valence-corrected chi connectivity index (χ1v) is 6.02. The van der Waals surface area contributed by atoms with Crippen molar-refractivity contribution in [1.82, 2.24) is 4.98 Å². The van der Waals surface area contributed by atoms with Crippen molar-refractivity contribution in [3.63, 3.8) is 0 Å². The van der Waals surface area contributed by atoms with Crippen molar-refractivity contribution in [2.24, 2.45) is 5.92 Å². The number of nitro groups is 1. The van der Waals surface area contributed by atoms with Gasteiger partial charge in [-0.1, -0.05) is 19.3 Å². The molecule has 0 bridgehead atoms. The Morgan fingerprint density at radius 2 is 2.19 bits per heavy atom. The molecule has 0 saturated heterocycles. The molecule has 0 amide bonds. The van der Waals surface area contributed by atoms with Gasteiger partial charge >= 0.3 is 0 Å². The van der Waals surface area contributed by atoms with Crippen LogP contribution in [0.2, 0.25) is 0 Å². The first-order chi connectivity index (χ1) is 7.77. The van der Waals surface area contributed by atoms with Crippen LogP contribution in [0.4, 0.5) is 0 Å². The van der Waals surface area contributed by atoms with Crippen LogP contribution in [0.3, 0.4) is 0 Å². The Morgan fingerprint density at radius 3 is 2.75 bits per heavy atom. The molecule has 0 spiro atoms. The Labute approximate surface area is 95.2 Å². The molecule has 1 aromatic heterocycles. The molecule has 16 heavy (non-hydrogen) atoms. The van der Waals surface area contributed by atoms with Crippen LogP contribution < -0.4 is 0 Å². The van der Waals surface area contributed by atoms with Gasteiger partial charge in [0.05, 0.1) is 5.92 Å². The first-order valence-electron chi connectivity index (χ1n) is 6.02. The van der Waals surface area contributed by atoms with Crippen molar-refractivity contribution in [2.75, 3.05) is 6.54 Å². The molecule has 4 nitrogen and oxygen atoms in total. The topological polar surface area (TPSA) is 58.9 Å². The maximum Gasteiger partial charge on any atom is 0.212 e. The number of hydrogen-bond donors (Lipinski definition) is 1. The molecule has 1 aliphatic rings. The molecule has 1 aromatic rings. The fourth-order valence-corrected chi connectivity index (χ4v) is 2.77. The standard InChI is InChI=1S/C12H18N2O2/c15-14(16)9-11(12-7-4-8-13-12)10-5-2-1-3-6-10/h4,7-8,10-11,13H,1-3,5-6,9H2/t11-/m1/s1. The van der Waals surface area contributed by atoms with Gasteiger partial charge in [-0.3, -0.25) is 10.1 Å².